The Balaban J connectivity index is 1.15. The van der Waals surface area contributed by atoms with Gasteiger partial charge in [-0.05, 0) is 115 Å². The zero-order chi connectivity index (χ0) is 35.7. The third-order valence-electron chi connectivity index (χ3n) is 15.6. The molecule has 5 nitrogen and oxygen atoms in total. The number of ether oxygens (including phenoxy) is 2. The highest BCUT2D eigenvalue weighted by Crippen LogP contribution is 2.75. The molecule has 268 valence electrons. The highest BCUT2D eigenvalue weighted by molar-refractivity contribution is 6.03. The Morgan fingerprint density at radius 1 is 0.740 bits per heavy atom. The number of rotatable bonds is 6. The van der Waals surface area contributed by atoms with Crippen LogP contribution in [0, 0.1) is 50.2 Å². The summed E-state index contributed by atoms with van der Waals surface area (Å²) >= 11 is 0. The molecule has 5 aliphatic carbocycles. The fourth-order valence-corrected chi connectivity index (χ4v) is 12.3. The van der Waals surface area contributed by atoms with Crippen molar-refractivity contribution in [1.82, 2.24) is 0 Å². The van der Waals surface area contributed by atoms with Crippen LogP contribution in [-0.4, -0.2) is 24.3 Å². The molecule has 50 heavy (non-hydrogen) atoms. The van der Waals surface area contributed by atoms with Crippen molar-refractivity contribution in [3.05, 3.63) is 82.9 Å². The zero-order valence-electron chi connectivity index (χ0n) is 31.5. The normalized spacial score (nSPS) is 36.8. The molecule has 0 bridgehead atoms. The first-order chi connectivity index (χ1) is 23.6. The number of Topliss-reactive ketones (excluding diaryl/α,β-unsaturated/α-hetero) is 1. The van der Waals surface area contributed by atoms with Gasteiger partial charge in [0.25, 0.3) is 0 Å². The number of esters is 2. The van der Waals surface area contributed by atoms with Gasteiger partial charge in [-0.2, -0.15) is 0 Å². The highest BCUT2D eigenvalue weighted by atomic mass is 16.5. The van der Waals surface area contributed by atoms with Gasteiger partial charge in [0.1, 0.15) is 12.4 Å². The molecule has 0 saturated heterocycles. The van der Waals surface area contributed by atoms with E-state index in [1.165, 1.54) is 0 Å². The number of hydrogen-bond acceptors (Lipinski definition) is 5. The number of benzene rings is 2. The molecule has 0 aromatic heterocycles. The number of ketones is 1. The summed E-state index contributed by atoms with van der Waals surface area (Å²) in [6.07, 6.45) is 13.1. The van der Waals surface area contributed by atoms with Gasteiger partial charge in [-0.25, -0.2) is 9.59 Å². The molecule has 4 saturated carbocycles. The average Bonchev–Trinajstić information content (AvgIpc) is 3.09. The first kappa shape index (κ1) is 35.2. The van der Waals surface area contributed by atoms with Crippen LogP contribution in [0.15, 0.2) is 66.2 Å². The minimum absolute atomic E-state index is 0.0657. The molecule has 0 aliphatic heterocycles. The van der Waals surface area contributed by atoms with Gasteiger partial charge in [0.15, 0.2) is 0 Å². The van der Waals surface area contributed by atoms with Crippen LogP contribution in [0.3, 0.4) is 0 Å². The van der Waals surface area contributed by atoms with E-state index in [0.29, 0.717) is 36.6 Å². The number of carbonyl (C=O) groups excluding carboxylic acids is 3. The van der Waals surface area contributed by atoms with E-state index < -0.39 is 11.9 Å². The summed E-state index contributed by atoms with van der Waals surface area (Å²) in [6, 6.07) is 16.5. The molecular weight excluding hydrogens is 620 g/mol. The van der Waals surface area contributed by atoms with Crippen LogP contribution in [0.4, 0.5) is 0 Å². The maximum atomic E-state index is 13.8. The van der Waals surface area contributed by atoms with Crippen LogP contribution < -0.4 is 0 Å². The largest absolute Gasteiger partial charge is 0.461 e. The minimum Gasteiger partial charge on any atom is -0.461 e. The van der Waals surface area contributed by atoms with E-state index in [9.17, 15) is 14.4 Å². The zero-order valence-corrected chi connectivity index (χ0v) is 31.5. The Kier molecular flexibility index (Phi) is 8.59. The van der Waals surface area contributed by atoms with Crippen molar-refractivity contribution in [2.45, 2.75) is 119 Å². The van der Waals surface area contributed by atoms with Crippen molar-refractivity contribution >= 4 is 17.7 Å². The van der Waals surface area contributed by atoms with Crippen LogP contribution in [0.2, 0.25) is 0 Å². The second-order valence-electron chi connectivity index (χ2n) is 18.9. The fraction of sp³-hybridized carbons (Fsp3) is 0.622. The number of fused-ring (bicyclic) bond motifs is 7. The average molecular weight is 679 g/mol. The van der Waals surface area contributed by atoms with Gasteiger partial charge < -0.3 is 9.47 Å². The molecule has 0 spiro atoms. The maximum absolute atomic E-state index is 13.8. The van der Waals surface area contributed by atoms with Crippen LogP contribution in [0.1, 0.15) is 139 Å². The predicted octanol–water partition coefficient (Wildman–Crippen LogP) is 10.6. The molecule has 2 aromatic carbocycles. The SMILES string of the molecule is CC1(C)CC[C@]2(COC(=O)c3ccccc3C(=O)OCc3ccccc3)CC[C@]3(C)C(=CCC4[C@@]5(C)CCC(=O)C(C)(C)[C@@H]5CC[C@]43C)[C@@H]2C1. The first-order valence-corrected chi connectivity index (χ1v) is 19.3. The van der Waals surface area contributed by atoms with Crippen molar-refractivity contribution in [1.29, 1.82) is 0 Å². The number of carbonyl (C=O) groups is 3. The molecule has 0 radical (unpaired) electrons. The fourth-order valence-electron chi connectivity index (χ4n) is 12.3. The Hall–Kier alpha value is -3.21. The molecule has 4 fully saturated rings. The molecule has 7 rings (SSSR count). The van der Waals surface area contributed by atoms with Crippen LogP contribution in [-0.2, 0) is 20.9 Å². The van der Waals surface area contributed by atoms with Gasteiger partial charge in [0.05, 0.1) is 17.7 Å². The van der Waals surface area contributed by atoms with E-state index in [0.717, 1.165) is 63.4 Å². The summed E-state index contributed by atoms with van der Waals surface area (Å²) in [5.74, 6) is 0.812. The van der Waals surface area contributed by atoms with Crippen molar-refractivity contribution in [2.75, 3.05) is 6.61 Å². The monoisotopic (exact) mass is 678 g/mol. The lowest BCUT2D eigenvalue weighted by Gasteiger charge is -2.70. The summed E-state index contributed by atoms with van der Waals surface area (Å²) in [7, 11) is 0. The van der Waals surface area contributed by atoms with E-state index in [2.05, 4.69) is 54.5 Å². The van der Waals surface area contributed by atoms with Gasteiger partial charge in [-0.1, -0.05) is 103 Å². The van der Waals surface area contributed by atoms with E-state index in [1.54, 1.807) is 29.8 Å². The minimum atomic E-state index is -0.519. The summed E-state index contributed by atoms with van der Waals surface area (Å²) in [6.45, 7) is 17.5. The van der Waals surface area contributed by atoms with Crippen molar-refractivity contribution in [3.63, 3.8) is 0 Å². The van der Waals surface area contributed by atoms with Gasteiger partial charge in [-0.15, -0.1) is 0 Å². The molecule has 0 amide bonds. The number of allylic oxidation sites excluding steroid dienone is 2. The first-order valence-electron chi connectivity index (χ1n) is 19.3. The molecule has 5 aliphatic rings. The second kappa shape index (κ2) is 12.2. The molecule has 7 atom stereocenters. The Morgan fingerprint density at radius 3 is 2.08 bits per heavy atom. The molecule has 0 N–H and O–H groups in total. The topological polar surface area (TPSA) is 69.7 Å². The van der Waals surface area contributed by atoms with Gasteiger partial charge in [0, 0.05) is 17.3 Å². The quantitative estimate of drug-likeness (QED) is 0.225. The molecule has 5 heteroatoms. The van der Waals surface area contributed by atoms with E-state index in [1.807, 2.05) is 30.3 Å². The summed E-state index contributed by atoms with van der Waals surface area (Å²) in [5, 5.41) is 0. The standard InChI is InChI=1S/C45H58O5/c1-40(2)23-25-45(29-50-39(48)32-16-12-11-15-31(32)38(47)49-28-30-13-9-8-10-14-30)26-24-43(6)33(34(45)27-40)17-18-36-42(5)21-20-37(46)41(3,4)35(42)19-22-44(36,43)7/h8-17,34-36H,18-29H2,1-7H3/t34-,35-,36?,42-,43+,44+,45+/m0/s1. The Labute approximate surface area is 300 Å². The second-order valence-corrected chi connectivity index (χ2v) is 18.9. The van der Waals surface area contributed by atoms with Crippen molar-refractivity contribution in [3.8, 4) is 0 Å². The lowest BCUT2D eigenvalue weighted by atomic mass is 9.33. The van der Waals surface area contributed by atoms with Crippen molar-refractivity contribution in [2.24, 2.45) is 50.2 Å². The molecule has 0 heterocycles. The van der Waals surface area contributed by atoms with E-state index in [4.69, 9.17) is 9.47 Å². The maximum Gasteiger partial charge on any atom is 0.339 e. The lowest BCUT2D eigenvalue weighted by molar-refractivity contribution is -0.186. The summed E-state index contributed by atoms with van der Waals surface area (Å²) in [5.41, 5.74) is 3.23. The van der Waals surface area contributed by atoms with Gasteiger partial charge in [-0.3, -0.25) is 4.79 Å². The van der Waals surface area contributed by atoms with Crippen LogP contribution >= 0.6 is 0 Å². The van der Waals surface area contributed by atoms with E-state index >= 15 is 0 Å². The third kappa shape index (κ3) is 5.43. The third-order valence-corrected chi connectivity index (χ3v) is 15.6. The van der Waals surface area contributed by atoms with Gasteiger partial charge >= 0.3 is 11.9 Å². The molecular formula is C45H58O5. The van der Waals surface area contributed by atoms with Gasteiger partial charge in [0.2, 0.25) is 0 Å². The summed E-state index contributed by atoms with van der Waals surface area (Å²) < 4.78 is 11.9. The predicted molar refractivity (Wildman–Crippen MR) is 196 cm³/mol. The molecule has 1 unspecified atom stereocenters. The van der Waals surface area contributed by atoms with Crippen LogP contribution in [0.25, 0.3) is 0 Å². The summed E-state index contributed by atoms with van der Waals surface area (Å²) in [4.78, 5) is 40.2. The number of hydrogen-bond donors (Lipinski definition) is 0. The highest BCUT2D eigenvalue weighted by Gasteiger charge is 2.68. The lowest BCUT2D eigenvalue weighted by Crippen LogP contribution is -2.64. The Morgan fingerprint density at radius 2 is 1.38 bits per heavy atom. The van der Waals surface area contributed by atoms with Crippen molar-refractivity contribution < 1.29 is 23.9 Å². The molecule has 2 aromatic rings. The van der Waals surface area contributed by atoms with E-state index in [-0.39, 0.29) is 50.2 Å². The smallest absolute Gasteiger partial charge is 0.339 e. The Bertz CT molecular complexity index is 1700. The van der Waals surface area contributed by atoms with Crippen LogP contribution in [0.5, 0.6) is 0 Å².